The Labute approximate surface area is 120 Å². The molecule has 0 spiro atoms. The third-order valence-electron chi connectivity index (χ3n) is 2.84. The normalized spacial score (nSPS) is 10.1. The minimum Gasteiger partial charge on any atom is -0.478 e. The Morgan fingerprint density at radius 1 is 1.10 bits per heavy atom. The van der Waals surface area contributed by atoms with Gasteiger partial charge in [-0.1, -0.05) is 18.2 Å². The lowest BCUT2D eigenvalue weighted by atomic mass is 10.1. The van der Waals surface area contributed by atoms with E-state index in [2.05, 4.69) is 10.6 Å². The maximum atomic E-state index is 12.0. The average molecular weight is 290 g/mol. The Morgan fingerprint density at radius 3 is 2.35 bits per heavy atom. The molecule has 2 amide bonds. The first-order valence-electron chi connectivity index (χ1n) is 5.94. The zero-order chi connectivity index (χ0) is 14.7. The topological polar surface area (TPSA) is 78.4 Å². The molecule has 1 heterocycles. The maximum absolute atomic E-state index is 12.0. The summed E-state index contributed by atoms with van der Waals surface area (Å²) in [5, 5.41) is 16.2. The van der Waals surface area contributed by atoms with Crippen molar-refractivity contribution >= 4 is 34.0 Å². The molecule has 0 fully saturated rings. The standard InChI is InChI=1S/C14H14N2O3S/c1-8-4-3-5-9(2)11(8)15-14(19)16-12-10(13(17)18)6-7-20-12/h3-7H,1-2H3,(H,17,18)(H2,15,16,19). The van der Waals surface area contributed by atoms with Gasteiger partial charge in [-0.3, -0.25) is 5.32 Å². The van der Waals surface area contributed by atoms with Crippen LogP contribution in [0.25, 0.3) is 0 Å². The number of nitrogens with one attached hydrogen (secondary N) is 2. The Bertz CT molecular complexity index is 644. The van der Waals surface area contributed by atoms with E-state index in [1.54, 1.807) is 5.38 Å². The first-order chi connectivity index (χ1) is 9.49. The van der Waals surface area contributed by atoms with Gasteiger partial charge in [0, 0.05) is 5.69 Å². The number of carboxylic acid groups (broad SMARTS) is 1. The van der Waals surface area contributed by atoms with Crippen molar-refractivity contribution in [1.82, 2.24) is 0 Å². The summed E-state index contributed by atoms with van der Waals surface area (Å²) in [6, 6.07) is 6.72. The quantitative estimate of drug-likeness (QED) is 0.806. The molecule has 20 heavy (non-hydrogen) atoms. The number of carbonyl (C=O) groups is 2. The van der Waals surface area contributed by atoms with E-state index in [9.17, 15) is 9.59 Å². The van der Waals surface area contributed by atoms with Crippen LogP contribution in [0.2, 0.25) is 0 Å². The van der Waals surface area contributed by atoms with Gasteiger partial charge in [0.25, 0.3) is 0 Å². The molecule has 0 unspecified atom stereocenters. The van der Waals surface area contributed by atoms with Gasteiger partial charge in [-0.2, -0.15) is 0 Å². The van der Waals surface area contributed by atoms with Gasteiger partial charge in [0.15, 0.2) is 0 Å². The fraction of sp³-hybridized carbons (Fsp3) is 0.143. The Morgan fingerprint density at radius 2 is 1.75 bits per heavy atom. The molecule has 2 rings (SSSR count). The van der Waals surface area contributed by atoms with Crippen LogP contribution in [-0.2, 0) is 0 Å². The molecule has 104 valence electrons. The highest BCUT2D eigenvalue weighted by atomic mass is 32.1. The number of anilines is 2. The number of urea groups is 1. The van der Waals surface area contributed by atoms with Gasteiger partial charge in [-0.15, -0.1) is 11.3 Å². The van der Waals surface area contributed by atoms with E-state index in [1.807, 2.05) is 32.0 Å². The molecule has 5 nitrogen and oxygen atoms in total. The van der Waals surface area contributed by atoms with E-state index in [1.165, 1.54) is 17.4 Å². The van der Waals surface area contributed by atoms with Crippen LogP contribution in [0.1, 0.15) is 21.5 Å². The van der Waals surface area contributed by atoms with Crippen LogP contribution in [0.15, 0.2) is 29.6 Å². The number of carbonyl (C=O) groups excluding carboxylic acids is 1. The van der Waals surface area contributed by atoms with Crippen LogP contribution >= 0.6 is 11.3 Å². The molecule has 1 aromatic heterocycles. The first kappa shape index (κ1) is 14.1. The molecule has 0 aliphatic heterocycles. The van der Waals surface area contributed by atoms with Gasteiger partial charge in [0.05, 0.1) is 5.56 Å². The third-order valence-corrected chi connectivity index (χ3v) is 3.67. The number of thiophene rings is 1. The summed E-state index contributed by atoms with van der Waals surface area (Å²) in [7, 11) is 0. The second-order valence-corrected chi connectivity index (χ2v) is 5.23. The van der Waals surface area contributed by atoms with E-state index >= 15 is 0 Å². The Hall–Kier alpha value is -2.34. The molecule has 0 aliphatic rings. The van der Waals surface area contributed by atoms with E-state index in [-0.39, 0.29) is 5.56 Å². The van der Waals surface area contributed by atoms with E-state index in [0.717, 1.165) is 16.8 Å². The van der Waals surface area contributed by atoms with E-state index < -0.39 is 12.0 Å². The molecule has 1 aromatic carbocycles. The molecule has 0 bridgehead atoms. The van der Waals surface area contributed by atoms with E-state index in [4.69, 9.17) is 5.11 Å². The van der Waals surface area contributed by atoms with Crippen molar-refractivity contribution in [3.63, 3.8) is 0 Å². The van der Waals surface area contributed by atoms with E-state index in [0.29, 0.717) is 5.00 Å². The van der Waals surface area contributed by atoms with Gasteiger partial charge in [0.1, 0.15) is 5.00 Å². The summed E-state index contributed by atoms with van der Waals surface area (Å²) in [6.45, 7) is 3.80. The lowest BCUT2D eigenvalue weighted by Gasteiger charge is -2.12. The highest BCUT2D eigenvalue weighted by molar-refractivity contribution is 7.14. The molecule has 0 aliphatic carbocycles. The predicted molar refractivity (Wildman–Crippen MR) is 79.8 cm³/mol. The smallest absolute Gasteiger partial charge is 0.338 e. The zero-order valence-electron chi connectivity index (χ0n) is 11.1. The summed E-state index contributed by atoms with van der Waals surface area (Å²) in [4.78, 5) is 22.9. The SMILES string of the molecule is Cc1cccc(C)c1NC(=O)Nc1sccc1C(=O)O. The summed E-state index contributed by atoms with van der Waals surface area (Å²) >= 11 is 1.17. The largest absolute Gasteiger partial charge is 0.478 e. The first-order valence-corrected chi connectivity index (χ1v) is 6.82. The van der Waals surface area contributed by atoms with Gasteiger partial charge in [-0.05, 0) is 36.4 Å². The summed E-state index contributed by atoms with van der Waals surface area (Å²) < 4.78 is 0. The molecule has 0 saturated carbocycles. The van der Waals surface area contributed by atoms with Crippen LogP contribution in [0.4, 0.5) is 15.5 Å². The minimum atomic E-state index is -1.06. The van der Waals surface area contributed by atoms with Crippen molar-refractivity contribution in [3.8, 4) is 0 Å². The number of hydrogen-bond acceptors (Lipinski definition) is 3. The highest BCUT2D eigenvalue weighted by Crippen LogP contribution is 2.24. The van der Waals surface area contributed by atoms with Crippen LogP contribution in [0.3, 0.4) is 0 Å². The van der Waals surface area contributed by atoms with Crippen molar-refractivity contribution in [3.05, 3.63) is 46.3 Å². The van der Waals surface area contributed by atoms with Gasteiger partial charge >= 0.3 is 12.0 Å². The van der Waals surface area contributed by atoms with Gasteiger partial charge in [0.2, 0.25) is 0 Å². The lowest BCUT2D eigenvalue weighted by molar-refractivity contribution is 0.0698. The minimum absolute atomic E-state index is 0.0895. The van der Waals surface area contributed by atoms with Crippen molar-refractivity contribution in [1.29, 1.82) is 0 Å². The second kappa shape index (κ2) is 5.75. The lowest BCUT2D eigenvalue weighted by Crippen LogP contribution is -2.21. The number of aromatic carboxylic acids is 1. The molecule has 3 N–H and O–H groups in total. The molecular formula is C14H14N2O3S. The van der Waals surface area contributed by atoms with Crippen LogP contribution in [-0.4, -0.2) is 17.1 Å². The molecule has 2 aromatic rings. The maximum Gasteiger partial charge on any atom is 0.338 e. The van der Waals surface area contributed by atoms with Gasteiger partial charge < -0.3 is 10.4 Å². The fourth-order valence-electron chi connectivity index (χ4n) is 1.83. The average Bonchev–Trinajstić information content (AvgIpc) is 2.82. The molecular weight excluding hydrogens is 276 g/mol. The van der Waals surface area contributed by atoms with Crippen molar-refractivity contribution in [2.45, 2.75) is 13.8 Å². The summed E-state index contributed by atoms with van der Waals surface area (Å²) in [6.07, 6.45) is 0. The van der Waals surface area contributed by atoms with Crippen molar-refractivity contribution in [2.75, 3.05) is 10.6 Å². The zero-order valence-corrected chi connectivity index (χ0v) is 11.9. The van der Waals surface area contributed by atoms with Crippen molar-refractivity contribution in [2.24, 2.45) is 0 Å². The Kier molecular flexibility index (Phi) is 4.05. The number of hydrogen-bond donors (Lipinski definition) is 3. The molecule has 0 atom stereocenters. The highest BCUT2D eigenvalue weighted by Gasteiger charge is 2.14. The number of rotatable bonds is 3. The number of aryl methyl sites for hydroxylation is 2. The number of amides is 2. The number of carboxylic acids is 1. The van der Waals surface area contributed by atoms with Crippen LogP contribution in [0, 0.1) is 13.8 Å². The molecule has 6 heteroatoms. The summed E-state index contributed by atoms with van der Waals surface area (Å²) in [5.74, 6) is -1.06. The molecule has 0 radical (unpaired) electrons. The van der Waals surface area contributed by atoms with Gasteiger partial charge in [-0.25, -0.2) is 9.59 Å². The Balaban J connectivity index is 2.14. The monoisotopic (exact) mass is 290 g/mol. The number of benzene rings is 1. The molecule has 0 saturated heterocycles. The fourth-order valence-corrected chi connectivity index (χ4v) is 2.61. The third kappa shape index (κ3) is 2.97. The van der Waals surface area contributed by atoms with Crippen LogP contribution < -0.4 is 10.6 Å². The second-order valence-electron chi connectivity index (χ2n) is 4.31. The number of para-hydroxylation sites is 1. The van der Waals surface area contributed by atoms with Crippen molar-refractivity contribution < 1.29 is 14.7 Å². The predicted octanol–water partition coefficient (Wildman–Crippen LogP) is 3.71. The van der Waals surface area contributed by atoms with Crippen LogP contribution in [0.5, 0.6) is 0 Å². The summed E-state index contributed by atoms with van der Waals surface area (Å²) in [5.41, 5.74) is 2.72.